The van der Waals surface area contributed by atoms with Gasteiger partial charge in [-0.25, -0.2) is 0 Å². The van der Waals surface area contributed by atoms with Crippen LogP contribution >= 0.6 is 28.1 Å². The molecule has 2 heterocycles. The summed E-state index contributed by atoms with van der Waals surface area (Å²) in [6, 6.07) is 6.38. The summed E-state index contributed by atoms with van der Waals surface area (Å²) < 4.78 is 5.75. The van der Waals surface area contributed by atoms with E-state index >= 15 is 0 Å². The fourth-order valence-corrected chi connectivity index (χ4v) is 3.55. The molecule has 0 unspecified atom stereocenters. The van der Waals surface area contributed by atoms with Crippen LogP contribution in [0.4, 0.5) is 0 Å². The molecule has 1 aromatic carbocycles. The monoisotopic (exact) mass is 419 g/mol. The highest BCUT2D eigenvalue weighted by Gasteiger charge is 2.19. The lowest BCUT2D eigenvalue weighted by Gasteiger charge is -2.16. The third-order valence-electron chi connectivity index (χ3n) is 4.48. The number of hydrogen-bond donors (Lipinski definition) is 1. The molecule has 7 heteroatoms. The Morgan fingerprint density at radius 2 is 1.96 bits per heavy atom. The summed E-state index contributed by atoms with van der Waals surface area (Å²) in [5, 5.41) is 12.1. The molecule has 0 saturated carbocycles. The van der Waals surface area contributed by atoms with E-state index in [0.717, 1.165) is 33.9 Å². The van der Waals surface area contributed by atoms with Crippen LogP contribution in [0, 0.1) is 32.5 Å². The second-order valence-corrected chi connectivity index (χ2v) is 7.76. The van der Waals surface area contributed by atoms with Gasteiger partial charge in [-0.2, -0.15) is 10.2 Å². The smallest absolute Gasteiger partial charge is 0.199 e. The molecule has 25 heavy (non-hydrogen) atoms. The van der Waals surface area contributed by atoms with Crippen LogP contribution in [-0.2, 0) is 6.54 Å². The highest BCUT2D eigenvalue weighted by molar-refractivity contribution is 9.10. The highest BCUT2D eigenvalue weighted by Crippen LogP contribution is 2.25. The predicted octanol–water partition coefficient (Wildman–Crippen LogP) is 4.93. The van der Waals surface area contributed by atoms with Crippen molar-refractivity contribution in [3.63, 3.8) is 0 Å². The van der Waals surface area contributed by atoms with E-state index in [-0.39, 0.29) is 5.92 Å². The van der Waals surface area contributed by atoms with E-state index in [1.807, 2.05) is 16.2 Å². The maximum Gasteiger partial charge on any atom is 0.199 e. The van der Waals surface area contributed by atoms with Gasteiger partial charge in [0.2, 0.25) is 0 Å². The SMILES string of the molecule is Cc1ccc(C)c(-n2c([C@H](C)Cn3nc(C)c(Br)c3C)n[nH]c2=S)c1. The Hall–Kier alpha value is -1.73. The normalized spacial score (nSPS) is 12.6. The third kappa shape index (κ3) is 3.35. The quantitative estimate of drug-likeness (QED) is 0.610. The van der Waals surface area contributed by atoms with E-state index in [1.54, 1.807) is 0 Å². The second-order valence-electron chi connectivity index (χ2n) is 6.58. The minimum Gasteiger partial charge on any atom is -0.272 e. The molecule has 2 aromatic heterocycles. The van der Waals surface area contributed by atoms with Crippen molar-refractivity contribution < 1.29 is 0 Å². The number of halogens is 1. The molecule has 0 amide bonds. The van der Waals surface area contributed by atoms with Gasteiger partial charge in [0, 0.05) is 11.6 Å². The highest BCUT2D eigenvalue weighted by atomic mass is 79.9. The van der Waals surface area contributed by atoms with Crippen LogP contribution in [0.15, 0.2) is 22.7 Å². The third-order valence-corrected chi connectivity index (χ3v) is 5.91. The molecule has 0 fully saturated rings. The lowest BCUT2D eigenvalue weighted by Crippen LogP contribution is -2.14. The van der Waals surface area contributed by atoms with Crippen LogP contribution in [0.25, 0.3) is 5.69 Å². The lowest BCUT2D eigenvalue weighted by molar-refractivity contribution is 0.506. The summed E-state index contributed by atoms with van der Waals surface area (Å²) in [6.07, 6.45) is 0. The summed E-state index contributed by atoms with van der Waals surface area (Å²) in [7, 11) is 0. The Morgan fingerprint density at radius 3 is 2.60 bits per heavy atom. The van der Waals surface area contributed by atoms with Crippen LogP contribution in [0.5, 0.6) is 0 Å². The van der Waals surface area contributed by atoms with Gasteiger partial charge in [-0.3, -0.25) is 14.3 Å². The number of nitrogens with one attached hydrogen (secondary N) is 1. The number of aryl methyl sites for hydroxylation is 3. The Morgan fingerprint density at radius 1 is 1.24 bits per heavy atom. The van der Waals surface area contributed by atoms with Crippen molar-refractivity contribution in [1.29, 1.82) is 0 Å². The van der Waals surface area contributed by atoms with Gasteiger partial charge in [0.05, 0.1) is 22.4 Å². The van der Waals surface area contributed by atoms with Gasteiger partial charge in [0.25, 0.3) is 0 Å². The van der Waals surface area contributed by atoms with Crippen molar-refractivity contribution >= 4 is 28.1 Å². The number of hydrogen-bond acceptors (Lipinski definition) is 3. The average Bonchev–Trinajstić information content (AvgIpc) is 3.06. The van der Waals surface area contributed by atoms with Gasteiger partial charge in [-0.15, -0.1) is 0 Å². The van der Waals surface area contributed by atoms with Crippen molar-refractivity contribution in [1.82, 2.24) is 24.5 Å². The zero-order valence-electron chi connectivity index (χ0n) is 15.1. The Bertz CT molecular complexity index is 982. The molecule has 5 nitrogen and oxygen atoms in total. The van der Waals surface area contributed by atoms with Crippen LogP contribution in [0.3, 0.4) is 0 Å². The van der Waals surface area contributed by atoms with Crippen molar-refractivity contribution in [3.05, 3.63) is 55.8 Å². The van der Waals surface area contributed by atoms with Gasteiger partial charge < -0.3 is 0 Å². The van der Waals surface area contributed by atoms with E-state index in [1.165, 1.54) is 11.1 Å². The van der Waals surface area contributed by atoms with Crippen molar-refractivity contribution in [2.75, 3.05) is 0 Å². The van der Waals surface area contributed by atoms with Crippen LogP contribution < -0.4 is 0 Å². The van der Waals surface area contributed by atoms with Crippen LogP contribution in [0.2, 0.25) is 0 Å². The van der Waals surface area contributed by atoms with Crippen LogP contribution in [0.1, 0.15) is 41.2 Å². The summed E-state index contributed by atoms with van der Waals surface area (Å²) in [6.45, 7) is 11.1. The van der Waals surface area contributed by atoms with E-state index in [2.05, 4.69) is 77.1 Å². The summed E-state index contributed by atoms with van der Waals surface area (Å²) in [4.78, 5) is 0. The minimum absolute atomic E-state index is 0.151. The molecule has 0 saturated heterocycles. The minimum atomic E-state index is 0.151. The van der Waals surface area contributed by atoms with Crippen molar-refractivity contribution in [2.45, 2.75) is 47.1 Å². The van der Waals surface area contributed by atoms with E-state index in [4.69, 9.17) is 12.2 Å². The zero-order valence-corrected chi connectivity index (χ0v) is 17.5. The lowest BCUT2D eigenvalue weighted by atomic mass is 10.1. The molecule has 0 aliphatic carbocycles. The number of benzene rings is 1. The van der Waals surface area contributed by atoms with Gasteiger partial charge in [-0.1, -0.05) is 19.1 Å². The maximum absolute atomic E-state index is 5.51. The maximum atomic E-state index is 5.51. The molecule has 3 aromatic rings. The largest absolute Gasteiger partial charge is 0.272 e. The molecule has 1 atom stereocenters. The van der Waals surface area contributed by atoms with Gasteiger partial charge in [0.1, 0.15) is 5.82 Å². The molecule has 0 aliphatic rings. The number of nitrogens with zero attached hydrogens (tertiary/aromatic N) is 4. The molecule has 132 valence electrons. The van der Waals surface area contributed by atoms with Crippen LogP contribution in [-0.4, -0.2) is 24.5 Å². The molecular formula is C18H22BrN5S. The summed E-state index contributed by atoms with van der Waals surface area (Å²) in [5.74, 6) is 1.07. The summed E-state index contributed by atoms with van der Waals surface area (Å²) in [5.41, 5.74) is 5.57. The first kappa shape index (κ1) is 18.1. The van der Waals surface area contributed by atoms with Gasteiger partial charge in [0.15, 0.2) is 4.77 Å². The fraction of sp³-hybridized carbons (Fsp3) is 0.389. The van der Waals surface area contributed by atoms with Crippen molar-refractivity contribution in [2.24, 2.45) is 0 Å². The molecule has 0 radical (unpaired) electrons. The molecule has 0 spiro atoms. The number of rotatable bonds is 4. The first-order valence-corrected chi connectivity index (χ1v) is 9.44. The Labute approximate surface area is 161 Å². The van der Waals surface area contributed by atoms with Crippen molar-refractivity contribution in [3.8, 4) is 5.69 Å². The Balaban J connectivity index is 2.02. The molecular weight excluding hydrogens is 398 g/mol. The van der Waals surface area contributed by atoms with E-state index in [0.29, 0.717) is 4.77 Å². The molecule has 3 rings (SSSR count). The molecule has 0 aliphatic heterocycles. The Kier molecular flexibility index (Phi) is 4.97. The fourth-order valence-electron chi connectivity index (χ4n) is 3.03. The number of aromatic nitrogens is 5. The van der Waals surface area contributed by atoms with E-state index < -0.39 is 0 Å². The molecule has 0 bridgehead atoms. The molecule has 1 N–H and O–H groups in total. The standard InChI is InChI=1S/C18H22BrN5S/c1-10-6-7-11(2)15(8-10)24-17(20-21-18(24)25)12(3)9-23-14(5)16(19)13(4)22-23/h6-8,12H,9H2,1-5H3,(H,21,25)/t12-/m1/s1. The number of H-pyrrole nitrogens is 1. The first-order chi connectivity index (χ1) is 11.8. The van der Waals surface area contributed by atoms with Gasteiger partial charge in [-0.05, 0) is 73.0 Å². The number of aromatic amines is 1. The summed E-state index contributed by atoms with van der Waals surface area (Å²) >= 11 is 9.10. The predicted molar refractivity (Wildman–Crippen MR) is 106 cm³/mol. The van der Waals surface area contributed by atoms with Gasteiger partial charge >= 0.3 is 0 Å². The zero-order chi connectivity index (χ0) is 18.3. The first-order valence-electron chi connectivity index (χ1n) is 8.24. The topological polar surface area (TPSA) is 51.4 Å². The average molecular weight is 420 g/mol. The van der Waals surface area contributed by atoms with E-state index in [9.17, 15) is 0 Å². The second kappa shape index (κ2) is 6.88.